The van der Waals surface area contributed by atoms with Crippen LogP contribution in [0.15, 0.2) is 42.5 Å². The van der Waals surface area contributed by atoms with Gasteiger partial charge in [0.15, 0.2) is 11.5 Å². The highest BCUT2D eigenvalue weighted by atomic mass is 19.1. The molecule has 1 heterocycles. The number of amides is 1. The molecule has 1 aliphatic rings. The van der Waals surface area contributed by atoms with E-state index in [1.54, 1.807) is 0 Å². The van der Waals surface area contributed by atoms with Crippen molar-refractivity contribution in [3.05, 3.63) is 53.8 Å². The van der Waals surface area contributed by atoms with E-state index in [0.717, 1.165) is 17.7 Å². The summed E-state index contributed by atoms with van der Waals surface area (Å²) >= 11 is 0. The van der Waals surface area contributed by atoms with Crippen LogP contribution in [0.5, 0.6) is 17.2 Å². The topological polar surface area (TPSA) is 56.8 Å². The molecule has 1 aliphatic heterocycles. The van der Waals surface area contributed by atoms with Gasteiger partial charge in [-0.3, -0.25) is 4.79 Å². The van der Waals surface area contributed by atoms with Gasteiger partial charge in [-0.1, -0.05) is 6.07 Å². The Kier molecular flexibility index (Phi) is 5.94. The van der Waals surface area contributed by atoms with Crippen molar-refractivity contribution in [2.75, 3.05) is 19.8 Å². The highest BCUT2D eigenvalue weighted by molar-refractivity contribution is 5.76. The smallest absolute Gasteiger partial charge is 0.223 e. The van der Waals surface area contributed by atoms with E-state index < -0.39 is 0 Å². The average molecular weight is 359 g/mol. The first kappa shape index (κ1) is 18.0. The maximum absolute atomic E-state index is 12.8. The van der Waals surface area contributed by atoms with Crippen molar-refractivity contribution < 1.29 is 23.4 Å². The van der Waals surface area contributed by atoms with E-state index in [9.17, 15) is 9.18 Å². The van der Waals surface area contributed by atoms with Crippen LogP contribution in [0.1, 0.15) is 31.4 Å². The third-order valence-electron chi connectivity index (χ3n) is 4.06. The molecule has 1 N–H and O–H groups in total. The Balaban J connectivity index is 1.49. The molecule has 0 saturated heterocycles. The van der Waals surface area contributed by atoms with Crippen LogP contribution in [0.25, 0.3) is 0 Å². The highest BCUT2D eigenvalue weighted by Crippen LogP contribution is 2.32. The van der Waals surface area contributed by atoms with Crippen molar-refractivity contribution in [1.82, 2.24) is 5.32 Å². The lowest BCUT2D eigenvalue weighted by Crippen LogP contribution is -2.27. The van der Waals surface area contributed by atoms with E-state index in [1.807, 2.05) is 25.1 Å². The fourth-order valence-corrected chi connectivity index (χ4v) is 2.64. The molecule has 0 bridgehead atoms. The predicted octanol–water partition coefficient (Wildman–Crippen LogP) is 3.63. The summed E-state index contributed by atoms with van der Waals surface area (Å²) in [6.45, 7) is 3.41. The minimum absolute atomic E-state index is 0.119. The predicted molar refractivity (Wildman–Crippen MR) is 95.1 cm³/mol. The Bertz CT molecular complexity index is 748. The lowest BCUT2D eigenvalue weighted by Gasteiger charge is -2.16. The highest BCUT2D eigenvalue weighted by Gasteiger charge is 2.15. The molecule has 26 heavy (non-hydrogen) atoms. The average Bonchev–Trinajstić information content (AvgIpc) is 2.88. The molecule has 0 spiro atoms. The van der Waals surface area contributed by atoms with Gasteiger partial charge in [0.2, 0.25) is 5.91 Å². The molecule has 0 aliphatic carbocycles. The number of ether oxygens (including phenoxy) is 3. The number of halogens is 1. The lowest BCUT2D eigenvalue weighted by molar-refractivity contribution is -0.122. The fraction of sp³-hybridized carbons (Fsp3) is 0.350. The summed E-state index contributed by atoms with van der Waals surface area (Å²) < 4.78 is 29.6. The molecule has 0 aromatic heterocycles. The Morgan fingerprint density at radius 2 is 1.88 bits per heavy atom. The number of rotatable bonds is 6. The van der Waals surface area contributed by atoms with Crippen LogP contribution in [-0.4, -0.2) is 25.7 Å². The molecule has 1 atom stereocenters. The summed E-state index contributed by atoms with van der Waals surface area (Å²) in [5.74, 6) is 1.54. The number of carbonyl (C=O) groups is 1. The Morgan fingerprint density at radius 1 is 1.15 bits per heavy atom. The number of fused-ring (bicyclic) bond motifs is 1. The molecule has 3 rings (SSSR count). The number of carbonyl (C=O) groups excluding carboxylic acids is 1. The molecule has 2 aromatic carbocycles. The number of hydrogen-bond donors (Lipinski definition) is 1. The first-order valence-corrected chi connectivity index (χ1v) is 8.69. The molecular weight excluding hydrogens is 337 g/mol. The van der Waals surface area contributed by atoms with E-state index in [-0.39, 0.29) is 30.8 Å². The summed E-state index contributed by atoms with van der Waals surface area (Å²) in [5, 5.41) is 2.94. The Hall–Kier alpha value is -2.76. The molecule has 0 radical (unpaired) electrons. The lowest BCUT2D eigenvalue weighted by atomic mass is 10.1. The summed E-state index contributed by atoms with van der Waals surface area (Å²) in [4.78, 5) is 12.1. The minimum atomic E-state index is -0.320. The van der Waals surface area contributed by atoms with Crippen molar-refractivity contribution in [1.29, 1.82) is 0 Å². The van der Waals surface area contributed by atoms with E-state index in [1.165, 1.54) is 24.3 Å². The fourth-order valence-electron chi connectivity index (χ4n) is 2.64. The molecule has 1 amide bonds. The van der Waals surface area contributed by atoms with Crippen LogP contribution >= 0.6 is 0 Å². The second-order valence-corrected chi connectivity index (χ2v) is 6.10. The zero-order chi connectivity index (χ0) is 18.4. The van der Waals surface area contributed by atoms with Gasteiger partial charge in [-0.05, 0) is 48.9 Å². The summed E-state index contributed by atoms with van der Waals surface area (Å²) in [6, 6.07) is 11.2. The third kappa shape index (κ3) is 4.88. The zero-order valence-electron chi connectivity index (χ0n) is 14.7. The summed E-state index contributed by atoms with van der Waals surface area (Å²) in [6.07, 6.45) is 1.07. The summed E-state index contributed by atoms with van der Waals surface area (Å²) in [5.41, 5.74) is 0.946. The van der Waals surface area contributed by atoms with Crippen molar-refractivity contribution >= 4 is 5.91 Å². The monoisotopic (exact) mass is 359 g/mol. The van der Waals surface area contributed by atoms with E-state index in [4.69, 9.17) is 14.2 Å². The van der Waals surface area contributed by atoms with Crippen LogP contribution in [0.4, 0.5) is 4.39 Å². The Labute approximate surface area is 152 Å². The number of benzene rings is 2. The van der Waals surface area contributed by atoms with Gasteiger partial charge in [0, 0.05) is 6.42 Å². The van der Waals surface area contributed by atoms with Gasteiger partial charge in [0.05, 0.1) is 32.3 Å². The van der Waals surface area contributed by atoms with Gasteiger partial charge in [-0.2, -0.15) is 0 Å². The van der Waals surface area contributed by atoms with Crippen LogP contribution in [-0.2, 0) is 4.79 Å². The third-order valence-corrected chi connectivity index (χ3v) is 4.06. The maximum atomic E-state index is 12.8. The standard InChI is InChI=1S/C20H22FNO4/c1-14(15-3-8-18-19(13-15)26-11-2-10-25-18)22-20(23)9-12-24-17-6-4-16(21)5-7-17/h3-8,13-14H,2,9-12H2,1H3,(H,22,23)/t14-/m0/s1. The number of hydrogen-bond acceptors (Lipinski definition) is 4. The molecule has 0 fully saturated rings. The van der Waals surface area contributed by atoms with Crippen LogP contribution in [0.3, 0.4) is 0 Å². The van der Waals surface area contributed by atoms with Gasteiger partial charge >= 0.3 is 0 Å². The first-order valence-electron chi connectivity index (χ1n) is 8.69. The quantitative estimate of drug-likeness (QED) is 0.856. The van der Waals surface area contributed by atoms with Crippen molar-refractivity contribution in [3.8, 4) is 17.2 Å². The van der Waals surface area contributed by atoms with Gasteiger partial charge in [-0.15, -0.1) is 0 Å². The minimum Gasteiger partial charge on any atom is -0.493 e. The van der Waals surface area contributed by atoms with Gasteiger partial charge in [0.25, 0.3) is 0 Å². The van der Waals surface area contributed by atoms with E-state index in [2.05, 4.69) is 5.32 Å². The largest absolute Gasteiger partial charge is 0.493 e. The van der Waals surface area contributed by atoms with Crippen LogP contribution in [0, 0.1) is 5.82 Å². The zero-order valence-corrected chi connectivity index (χ0v) is 14.7. The van der Waals surface area contributed by atoms with Crippen LogP contribution < -0.4 is 19.5 Å². The van der Waals surface area contributed by atoms with Crippen molar-refractivity contribution in [3.63, 3.8) is 0 Å². The van der Waals surface area contributed by atoms with Gasteiger partial charge in [0.1, 0.15) is 11.6 Å². The van der Waals surface area contributed by atoms with Crippen LogP contribution in [0.2, 0.25) is 0 Å². The molecule has 2 aromatic rings. The molecule has 0 unspecified atom stereocenters. The SMILES string of the molecule is C[C@H](NC(=O)CCOc1ccc(F)cc1)c1ccc2c(c1)OCCCO2. The van der Waals surface area contributed by atoms with Gasteiger partial charge < -0.3 is 19.5 Å². The van der Waals surface area contributed by atoms with E-state index >= 15 is 0 Å². The van der Waals surface area contributed by atoms with Gasteiger partial charge in [-0.25, -0.2) is 4.39 Å². The molecule has 0 saturated carbocycles. The Morgan fingerprint density at radius 3 is 2.65 bits per heavy atom. The molecular formula is C20H22FNO4. The number of nitrogens with one attached hydrogen (secondary N) is 1. The van der Waals surface area contributed by atoms with E-state index in [0.29, 0.717) is 24.7 Å². The maximum Gasteiger partial charge on any atom is 0.223 e. The molecule has 138 valence electrons. The second kappa shape index (κ2) is 8.56. The first-order chi connectivity index (χ1) is 12.6. The summed E-state index contributed by atoms with van der Waals surface area (Å²) in [7, 11) is 0. The van der Waals surface area contributed by atoms with Crippen molar-refractivity contribution in [2.24, 2.45) is 0 Å². The molecule has 6 heteroatoms. The van der Waals surface area contributed by atoms with Crippen molar-refractivity contribution in [2.45, 2.75) is 25.8 Å². The normalized spacial score (nSPS) is 14.2. The second-order valence-electron chi connectivity index (χ2n) is 6.10. The molecule has 5 nitrogen and oxygen atoms in total.